The number of hydrogen-bond donors (Lipinski definition) is 2. The Morgan fingerprint density at radius 1 is 1.02 bits per heavy atom. The first-order valence-electron chi connectivity index (χ1n) is 12.7. The highest BCUT2D eigenvalue weighted by Crippen LogP contribution is 2.34. The van der Waals surface area contributed by atoms with Crippen molar-refractivity contribution in [2.75, 3.05) is 0 Å². The summed E-state index contributed by atoms with van der Waals surface area (Å²) in [7, 11) is 0. The zero-order valence-corrected chi connectivity index (χ0v) is 25.5. The third-order valence-electron chi connectivity index (χ3n) is 5.76. The topological polar surface area (TPSA) is 137 Å². The summed E-state index contributed by atoms with van der Waals surface area (Å²) in [6.45, 7) is -0.765. The highest BCUT2D eigenvalue weighted by Gasteiger charge is 2.31. The molecule has 0 saturated carbocycles. The molecule has 2 N–H and O–H groups in total. The number of benzene rings is 1. The minimum absolute atomic E-state index is 0.0488. The van der Waals surface area contributed by atoms with Gasteiger partial charge in [0.25, 0.3) is 11.8 Å². The van der Waals surface area contributed by atoms with Gasteiger partial charge in [-0.2, -0.15) is 8.78 Å². The SMILES string of the molecule is O=C(NCc1ccc(C(F)(F)I)cn1)c1cn(CC(F)CCc2nnc(C(=O)NCc3cc(OC(F)(F)F)ccc3F)s2)nn1. The molecule has 20 heteroatoms. The van der Waals surface area contributed by atoms with Crippen molar-refractivity contribution in [3.8, 4) is 5.75 Å². The van der Waals surface area contributed by atoms with Crippen LogP contribution in [0.4, 0.5) is 30.7 Å². The number of rotatable bonds is 13. The van der Waals surface area contributed by atoms with Crippen molar-refractivity contribution in [3.63, 3.8) is 0 Å². The Morgan fingerprint density at radius 3 is 2.47 bits per heavy atom. The standard InChI is InChI=1S/C25H20F7IN8O3S/c26-15(11-41-12-19(37-40-41)21(42)36-10-16-3-1-14(9-34-16)24(28,29)33)2-6-20-38-39-23(45-20)22(43)35-8-13-7-17(4-5-18(13)27)44-25(30,31)32/h1,3-5,7,9,12,15H,2,6,8,10-11H2,(H,35,43)(H,36,42). The van der Waals surface area contributed by atoms with Crippen LogP contribution in [0.25, 0.3) is 0 Å². The second-order valence-electron chi connectivity index (χ2n) is 9.17. The molecule has 1 unspecified atom stereocenters. The molecule has 1 aromatic carbocycles. The van der Waals surface area contributed by atoms with Crippen LogP contribution in [0.15, 0.2) is 42.7 Å². The first kappa shape index (κ1) is 33.9. The Morgan fingerprint density at radius 2 is 1.78 bits per heavy atom. The van der Waals surface area contributed by atoms with Crippen LogP contribution >= 0.6 is 33.9 Å². The van der Waals surface area contributed by atoms with Gasteiger partial charge in [-0.05, 0) is 36.8 Å². The Labute approximate surface area is 266 Å². The van der Waals surface area contributed by atoms with Crippen molar-refractivity contribution in [2.45, 2.75) is 48.9 Å². The third-order valence-corrected chi connectivity index (χ3v) is 7.37. The van der Waals surface area contributed by atoms with Gasteiger partial charge >= 0.3 is 10.3 Å². The molecule has 3 aromatic heterocycles. The Balaban J connectivity index is 1.21. The molecule has 0 fully saturated rings. The maximum absolute atomic E-state index is 14.6. The van der Waals surface area contributed by atoms with E-state index >= 15 is 0 Å². The van der Waals surface area contributed by atoms with Crippen molar-refractivity contribution in [1.82, 2.24) is 40.8 Å². The average molecular weight is 772 g/mol. The fourth-order valence-electron chi connectivity index (χ4n) is 3.61. The van der Waals surface area contributed by atoms with E-state index in [0.717, 1.165) is 63.0 Å². The Hall–Kier alpha value is -3.95. The average Bonchev–Trinajstić information content (AvgIpc) is 3.64. The van der Waals surface area contributed by atoms with Gasteiger partial charge < -0.3 is 15.4 Å². The second kappa shape index (κ2) is 14.4. The molecule has 240 valence electrons. The van der Waals surface area contributed by atoms with E-state index in [1.807, 2.05) is 0 Å². The molecule has 0 aliphatic rings. The minimum atomic E-state index is -4.97. The van der Waals surface area contributed by atoms with E-state index in [1.165, 1.54) is 18.3 Å². The van der Waals surface area contributed by atoms with E-state index in [1.54, 1.807) is 0 Å². The molecule has 4 rings (SSSR count). The number of aryl methyl sites for hydroxylation is 1. The summed E-state index contributed by atoms with van der Waals surface area (Å²) >= 11 is 1.84. The van der Waals surface area contributed by atoms with Gasteiger partial charge in [-0.15, -0.1) is 28.5 Å². The zero-order chi connectivity index (χ0) is 32.8. The zero-order valence-electron chi connectivity index (χ0n) is 22.5. The summed E-state index contributed by atoms with van der Waals surface area (Å²) in [5, 5.41) is 20.0. The van der Waals surface area contributed by atoms with Gasteiger partial charge in [0.15, 0.2) is 5.69 Å². The summed E-state index contributed by atoms with van der Waals surface area (Å²) in [6, 6.07) is 4.92. The predicted molar refractivity (Wildman–Crippen MR) is 151 cm³/mol. The van der Waals surface area contributed by atoms with Gasteiger partial charge in [0.2, 0.25) is 5.01 Å². The van der Waals surface area contributed by atoms with E-state index in [0.29, 0.717) is 10.7 Å². The van der Waals surface area contributed by atoms with Gasteiger partial charge in [-0.25, -0.2) is 13.5 Å². The number of ether oxygens (including phenoxy) is 1. The maximum atomic E-state index is 14.6. The number of pyridine rings is 1. The number of alkyl halides is 7. The lowest BCUT2D eigenvalue weighted by molar-refractivity contribution is -0.274. The molecule has 0 radical (unpaired) electrons. The van der Waals surface area contributed by atoms with Crippen molar-refractivity contribution in [2.24, 2.45) is 0 Å². The van der Waals surface area contributed by atoms with Gasteiger partial charge in [-0.1, -0.05) is 16.6 Å². The summed E-state index contributed by atoms with van der Waals surface area (Å²) in [6.07, 6.45) is -4.13. The molecule has 2 amide bonds. The molecule has 3 heterocycles. The molecule has 45 heavy (non-hydrogen) atoms. The van der Waals surface area contributed by atoms with E-state index in [-0.39, 0.29) is 47.8 Å². The van der Waals surface area contributed by atoms with Crippen LogP contribution in [0.2, 0.25) is 0 Å². The molecule has 0 aliphatic heterocycles. The fourth-order valence-corrected chi connectivity index (χ4v) is 4.70. The van der Waals surface area contributed by atoms with Gasteiger partial charge in [0, 0.05) is 52.9 Å². The molecular formula is C25H20F7IN8O3S. The first-order valence-corrected chi connectivity index (χ1v) is 14.5. The monoisotopic (exact) mass is 772 g/mol. The predicted octanol–water partition coefficient (Wildman–Crippen LogP) is 4.88. The lowest BCUT2D eigenvalue weighted by Crippen LogP contribution is -2.23. The van der Waals surface area contributed by atoms with Crippen LogP contribution in [0.5, 0.6) is 5.75 Å². The number of halogens is 8. The number of amides is 2. The number of aromatic nitrogens is 6. The minimum Gasteiger partial charge on any atom is -0.406 e. The van der Waals surface area contributed by atoms with Crippen LogP contribution in [0, 0.1) is 5.82 Å². The van der Waals surface area contributed by atoms with E-state index in [4.69, 9.17) is 0 Å². The van der Waals surface area contributed by atoms with E-state index in [9.17, 15) is 40.3 Å². The molecule has 0 bridgehead atoms. The summed E-state index contributed by atoms with van der Waals surface area (Å²) in [4.78, 5) is 28.6. The van der Waals surface area contributed by atoms with Crippen LogP contribution < -0.4 is 15.4 Å². The molecule has 4 aromatic rings. The van der Waals surface area contributed by atoms with Gasteiger partial charge in [-0.3, -0.25) is 14.6 Å². The number of hydrogen-bond acceptors (Lipinski definition) is 9. The lowest BCUT2D eigenvalue weighted by atomic mass is 10.2. The van der Waals surface area contributed by atoms with Crippen LogP contribution in [0.1, 0.15) is 48.5 Å². The molecule has 11 nitrogen and oxygen atoms in total. The second-order valence-corrected chi connectivity index (χ2v) is 11.6. The number of nitrogens with one attached hydrogen (secondary N) is 2. The molecule has 1 atom stereocenters. The molecule has 0 spiro atoms. The normalized spacial score (nSPS) is 12.5. The van der Waals surface area contributed by atoms with Crippen molar-refractivity contribution in [3.05, 3.63) is 81.1 Å². The van der Waals surface area contributed by atoms with Crippen molar-refractivity contribution >= 4 is 45.7 Å². The lowest BCUT2D eigenvalue weighted by Gasteiger charge is -2.11. The highest BCUT2D eigenvalue weighted by atomic mass is 127. The van der Waals surface area contributed by atoms with E-state index < -0.39 is 46.4 Å². The van der Waals surface area contributed by atoms with Crippen LogP contribution in [0.3, 0.4) is 0 Å². The van der Waals surface area contributed by atoms with Gasteiger partial charge in [0.05, 0.1) is 25.0 Å². The molecule has 0 saturated heterocycles. The number of carbonyl (C=O) groups is 2. The first-order chi connectivity index (χ1) is 21.2. The Bertz CT molecular complexity index is 1630. The van der Waals surface area contributed by atoms with Crippen LogP contribution in [-0.2, 0) is 30.0 Å². The number of nitrogens with zero attached hydrogens (tertiary/aromatic N) is 6. The fraction of sp³-hybridized carbons (Fsp3) is 0.320. The number of carbonyl (C=O) groups excluding carboxylic acids is 2. The molecular weight excluding hydrogens is 752 g/mol. The van der Waals surface area contributed by atoms with Crippen LogP contribution in [-0.4, -0.2) is 54.5 Å². The van der Waals surface area contributed by atoms with Crippen molar-refractivity contribution < 1.29 is 45.1 Å². The van der Waals surface area contributed by atoms with E-state index in [2.05, 4.69) is 40.9 Å². The summed E-state index contributed by atoms with van der Waals surface area (Å²) in [5.41, 5.74) is -0.299. The van der Waals surface area contributed by atoms with Crippen molar-refractivity contribution in [1.29, 1.82) is 0 Å². The smallest absolute Gasteiger partial charge is 0.406 e. The summed E-state index contributed by atoms with van der Waals surface area (Å²) < 4.78 is 94.2. The summed E-state index contributed by atoms with van der Waals surface area (Å²) in [5.74, 6) is -2.91. The highest BCUT2D eigenvalue weighted by molar-refractivity contribution is 14.1. The molecule has 0 aliphatic carbocycles. The largest absolute Gasteiger partial charge is 0.573 e. The third kappa shape index (κ3) is 10.3. The van der Waals surface area contributed by atoms with Gasteiger partial charge in [0.1, 0.15) is 22.7 Å². The maximum Gasteiger partial charge on any atom is 0.573 e. The Kier molecular flexibility index (Phi) is 10.9. The quantitative estimate of drug-likeness (QED) is 0.112.